The number of fused-ring (bicyclic) bond motifs is 1. The molecule has 0 unspecified atom stereocenters. The Morgan fingerprint density at radius 3 is 2.56 bits per heavy atom. The maximum absolute atomic E-state index is 10.1. The van der Waals surface area contributed by atoms with E-state index in [0.717, 1.165) is 22.5 Å². The zero-order valence-corrected chi connectivity index (χ0v) is 17.5. The van der Waals surface area contributed by atoms with Crippen molar-refractivity contribution in [2.45, 2.75) is 0 Å². The fraction of sp³-hybridized carbons (Fsp3) is 0.0833. The maximum Gasteiger partial charge on any atom is 0.325 e. The summed E-state index contributed by atoms with van der Waals surface area (Å²) in [6, 6.07) is 17.6. The highest BCUT2D eigenvalue weighted by Crippen LogP contribution is 2.31. The molecule has 0 saturated heterocycles. The predicted molar refractivity (Wildman–Crippen MR) is 122 cm³/mol. The summed E-state index contributed by atoms with van der Waals surface area (Å²) in [7, 11) is 3.92. The number of hydrogen-bond acceptors (Lipinski definition) is 7. The number of aryl methyl sites for hydroxylation is 1. The minimum Gasteiger partial charge on any atom is -0.493 e. The van der Waals surface area contributed by atoms with Gasteiger partial charge in [0.25, 0.3) is 0 Å². The molecule has 1 N–H and O–H groups in total. The molecule has 5 rings (SSSR count). The zero-order chi connectivity index (χ0) is 22.1. The summed E-state index contributed by atoms with van der Waals surface area (Å²) in [4.78, 5) is 14.4. The summed E-state index contributed by atoms with van der Waals surface area (Å²) in [5.41, 5.74) is 4.73. The molecule has 0 bridgehead atoms. The lowest BCUT2D eigenvalue weighted by molar-refractivity contribution is 0.412. The smallest absolute Gasteiger partial charge is 0.325 e. The first-order valence-electron chi connectivity index (χ1n) is 9.98. The highest BCUT2D eigenvalue weighted by molar-refractivity contribution is 5.82. The molecule has 0 aliphatic rings. The van der Waals surface area contributed by atoms with Gasteiger partial charge in [-0.1, -0.05) is 12.1 Å². The number of anilines is 2. The maximum atomic E-state index is 10.1. The van der Waals surface area contributed by atoms with Gasteiger partial charge in [-0.2, -0.15) is 15.1 Å². The Morgan fingerprint density at radius 1 is 0.938 bits per heavy atom. The van der Waals surface area contributed by atoms with Gasteiger partial charge in [-0.25, -0.2) is 0 Å². The Morgan fingerprint density at radius 2 is 1.78 bits per heavy atom. The molecule has 0 amide bonds. The lowest BCUT2D eigenvalue weighted by atomic mass is 10.1. The average molecular weight is 424 g/mol. The molecule has 0 radical (unpaired) electrons. The third-order valence-corrected chi connectivity index (χ3v) is 5.16. The number of rotatable bonds is 5. The Kier molecular flexibility index (Phi) is 4.87. The monoisotopic (exact) mass is 424 g/mol. The van der Waals surface area contributed by atoms with Crippen molar-refractivity contribution in [1.29, 1.82) is 0 Å². The second kappa shape index (κ2) is 7.99. The third kappa shape index (κ3) is 3.81. The van der Waals surface area contributed by atoms with E-state index in [0.29, 0.717) is 16.7 Å². The Bertz CT molecular complexity index is 1400. The van der Waals surface area contributed by atoms with E-state index in [1.165, 1.54) is 0 Å². The Balaban J connectivity index is 1.36. The lowest BCUT2D eigenvalue weighted by Crippen LogP contribution is -2.09. The van der Waals surface area contributed by atoms with Gasteiger partial charge in [0.05, 0.1) is 23.3 Å². The highest BCUT2D eigenvalue weighted by Gasteiger charge is 2.10. The number of aromatic hydroxyl groups is 1. The van der Waals surface area contributed by atoms with Crippen molar-refractivity contribution >= 4 is 22.3 Å². The van der Waals surface area contributed by atoms with Gasteiger partial charge >= 0.3 is 6.01 Å². The van der Waals surface area contributed by atoms with E-state index in [4.69, 9.17) is 4.74 Å². The molecule has 32 heavy (non-hydrogen) atoms. The van der Waals surface area contributed by atoms with Crippen LogP contribution in [0.25, 0.3) is 22.0 Å². The van der Waals surface area contributed by atoms with Gasteiger partial charge in [-0.15, -0.1) is 0 Å². The fourth-order valence-electron chi connectivity index (χ4n) is 3.45. The normalized spacial score (nSPS) is 10.9. The van der Waals surface area contributed by atoms with E-state index in [-0.39, 0.29) is 11.9 Å². The zero-order valence-electron chi connectivity index (χ0n) is 17.5. The molecule has 2 aromatic carbocycles. The second-order valence-electron chi connectivity index (χ2n) is 7.33. The summed E-state index contributed by atoms with van der Waals surface area (Å²) in [6.45, 7) is 0. The van der Waals surface area contributed by atoms with Crippen LogP contribution < -0.4 is 9.64 Å². The van der Waals surface area contributed by atoms with Crippen molar-refractivity contribution < 1.29 is 9.84 Å². The summed E-state index contributed by atoms with van der Waals surface area (Å²) >= 11 is 0. The molecule has 8 heteroatoms. The predicted octanol–water partition coefficient (Wildman–Crippen LogP) is 4.69. The summed E-state index contributed by atoms with van der Waals surface area (Å²) in [6.07, 6.45) is 6.98. The van der Waals surface area contributed by atoms with Gasteiger partial charge < -0.3 is 14.7 Å². The van der Waals surface area contributed by atoms with E-state index in [9.17, 15) is 5.11 Å². The SMILES string of the molecule is CN(c1ccc(Oc2nc(O)c3ccncc3n2)cc1)c1cccc(-c2cnn(C)c2)c1. The van der Waals surface area contributed by atoms with Crippen LogP contribution in [0.15, 0.2) is 79.4 Å². The fourth-order valence-corrected chi connectivity index (χ4v) is 3.45. The molecule has 158 valence electrons. The van der Waals surface area contributed by atoms with Crippen molar-refractivity contribution in [2.24, 2.45) is 7.05 Å². The van der Waals surface area contributed by atoms with Crippen LogP contribution in [-0.2, 0) is 7.05 Å². The van der Waals surface area contributed by atoms with Gasteiger partial charge in [0.2, 0.25) is 5.88 Å². The average Bonchev–Trinajstić information content (AvgIpc) is 3.26. The van der Waals surface area contributed by atoms with E-state index >= 15 is 0 Å². The first-order chi connectivity index (χ1) is 15.6. The minimum atomic E-state index is -0.141. The molecule has 0 aliphatic carbocycles. The molecule has 0 fully saturated rings. The first-order valence-corrected chi connectivity index (χ1v) is 9.98. The van der Waals surface area contributed by atoms with Crippen LogP contribution in [0.3, 0.4) is 0 Å². The topological polar surface area (TPSA) is 89.2 Å². The number of benzene rings is 2. The third-order valence-electron chi connectivity index (χ3n) is 5.16. The van der Waals surface area contributed by atoms with E-state index in [1.54, 1.807) is 23.1 Å². The minimum absolute atomic E-state index is 0.0632. The molecule has 5 aromatic rings. The van der Waals surface area contributed by atoms with Crippen LogP contribution >= 0.6 is 0 Å². The van der Waals surface area contributed by atoms with Gasteiger partial charge in [-0.3, -0.25) is 9.67 Å². The van der Waals surface area contributed by atoms with Gasteiger partial charge in [0.15, 0.2) is 0 Å². The summed E-state index contributed by atoms with van der Waals surface area (Å²) < 4.78 is 7.54. The van der Waals surface area contributed by atoms with Crippen LogP contribution in [0.2, 0.25) is 0 Å². The molecule has 0 spiro atoms. The molecule has 0 atom stereocenters. The largest absolute Gasteiger partial charge is 0.493 e. The molecule has 8 nitrogen and oxygen atoms in total. The van der Waals surface area contributed by atoms with Crippen molar-refractivity contribution in [3.63, 3.8) is 0 Å². The number of ether oxygens (including phenoxy) is 1. The summed E-state index contributed by atoms with van der Waals surface area (Å²) in [5, 5.41) is 14.9. The molecular weight excluding hydrogens is 404 g/mol. The van der Waals surface area contributed by atoms with Gasteiger partial charge in [0, 0.05) is 43.4 Å². The Hall–Kier alpha value is -4.46. The van der Waals surface area contributed by atoms with Gasteiger partial charge in [0.1, 0.15) is 5.75 Å². The number of aromatic nitrogens is 5. The van der Waals surface area contributed by atoms with Gasteiger partial charge in [-0.05, 0) is 48.0 Å². The van der Waals surface area contributed by atoms with Crippen LogP contribution in [0.5, 0.6) is 17.6 Å². The van der Waals surface area contributed by atoms with E-state index in [2.05, 4.69) is 43.1 Å². The molecule has 0 saturated carbocycles. The Labute approximate surface area is 184 Å². The number of pyridine rings is 1. The van der Waals surface area contributed by atoms with E-state index in [1.807, 2.05) is 56.8 Å². The van der Waals surface area contributed by atoms with Crippen LogP contribution in [0.1, 0.15) is 0 Å². The van der Waals surface area contributed by atoms with Crippen LogP contribution in [0.4, 0.5) is 11.4 Å². The number of nitrogens with zero attached hydrogens (tertiary/aromatic N) is 6. The standard InChI is InChI=1S/C24H20N6O2/c1-29-15-17(13-26-29)16-4-3-5-19(12-16)30(2)18-6-8-20(9-7-18)32-24-27-22-14-25-11-10-21(22)23(31)28-24/h3-15H,1-2H3,(H,27,28,31). The molecule has 3 heterocycles. The molecule has 3 aromatic heterocycles. The van der Waals surface area contributed by atoms with E-state index < -0.39 is 0 Å². The van der Waals surface area contributed by atoms with Crippen LogP contribution in [0, 0.1) is 0 Å². The number of hydrogen-bond donors (Lipinski definition) is 1. The highest BCUT2D eigenvalue weighted by atomic mass is 16.5. The first kappa shape index (κ1) is 19.5. The van der Waals surface area contributed by atoms with Crippen LogP contribution in [-0.4, -0.2) is 36.9 Å². The van der Waals surface area contributed by atoms with Crippen molar-refractivity contribution in [2.75, 3.05) is 11.9 Å². The molecule has 0 aliphatic heterocycles. The summed E-state index contributed by atoms with van der Waals surface area (Å²) in [5.74, 6) is 0.422. The molecular formula is C24H20N6O2. The van der Waals surface area contributed by atoms with Crippen molar-refractivity contribution in [3.05, 3.63) is 79.4 Å². The van der Waals surface area contributed by atoms with Crippen molar-refractivity contribution in [3.8, 4) is 28.8 Å². The quantitative estimate of drug-likeness (QED) is 0.438. The lowest BCUT2D eigenvalue weighted by Gasteiger charge is -2.20. The second-order valence-corrected chi connectivity index (χ2v) is 7.33. The van der Waals surface area contributed by atoms with Crippen molar-refractivity contribution in [1.82, 2.24) is 24.7 Å².